The van der Waals surface area contributed by atoms with Gasteiger partial charge >= 0.3 is 0 Å². The maximum atomic E-state index is 12.5. The zero-order valence-corrected chi connectivity index (χ0v) is 14.0. The van der Waals surface area contributed by atoms with Crippen molar-refractivity contribution in [3.8, 4) is 0 Å². The van der Waals surface area contributed by atoms with Gasteiger partial charge in [-0.1, -0.05) is 36.4 Å². The van der Waals surface area contributed by atoms with E-state index in [0.717, 1.165) is 11.1 Å². The zero-order valence-electron chi connectivity index (χ0n) is 13.2. The van der Waals surface area contributed by atoms with Gasteiger partial charge in [-0.25, -0.2) is 0 Å². The molecule has 2 aromatic rings. The van der Waals surface area contributed by atoms with Crippen molar-refractivity contribution < 1.29 is 9.00 Å². The molecule has 0 aliphatic heterocycles. The van der Waals surface area contributed by atoms with Gasteiger partial charge in [-0.2, -0.15) is 0 Å². The van der Waals surface area contributed by atoms with Crippen molar-refractivity contribution in [2.24, 2.45) is 0 Å². The van der Waals surface area contributed by atoms with Gasteiger partial charge in [-0.05, 0) is 35.7 Å². The van der Waals surface area contributed by atoms with Gasteiger partial charge in [-0.3, -0.25) is 9.00 Å². The number of nitrogens with zero attached hydrogens (tertiary/aromatic N) is 1. The van der Waals surface area contributed by atoms with E-state index in [4.69, 9.17) is 0 Å². The molecule has 1 amide bonds. The largest absolute Gasteiger partial charge is 0.337 e. The van der Waals surface area contributed by atoms with Crippen LogP contribution in [0.1, 0.15) is 27.0 Å². The van der Waals surface area contributed by atoms with Crippen LogP contribution in [-0.4, -0.2) is 28.3 Å². The normalized spacial score (nSPS) is 12.0. The Kier molecular flexibility index (Phi) is 5.50. The van der Waals surface area contributed by atoms with Gasteiger partial charge in [0.05, 0.1) is 0 Å². The Morgan fingerprint density at radius 1 is 1.14 bits per heavy atom. The van der Waals surface area contributed by atoms with Gasteiger partial charge in [-0.15, -0.1) is 0 Å². The monoisotopic (exact) mass is 315 g/mol. The Morgan fingerprint density at radius 2 is 1.86 bits per heavy atom. The van der Waals surface area contributed by atoms with E-state index < -0.39 is 10.8 Å². The molecule has 0 spiro atoms. The van der Waals surface area contributed by atoms with Gasteiger partial charge < -0.3 is 4.90 Å². The predicted molar refractivity (Wildman–Crippen MR) is 91.2 cm³/mol. The summed E-state index contributed by atoms with van der Waals surface area (Å²) in [5, 5.41) is 0. The minimum atomic E-state index is -0.908. The molecule has 0 aliphatic carbocycles. The summed E-state index contributed by atoms with van der Waals surface area (Å²) in [5.74, 6) is 0.454. The number of aryl methyl sites for hydroxylation is 1. The smallest absolute Gasteiger partial charge is 0.253 e. The fourth-order valence-electron chi connectivity index (χ4n) is 2.36. The van der Waals surface area contributed by atoms with Crippen molar-refractivity contribution >= 4 is 16.7 Å². The zero-order chi connectivity index (χ0) is 16.1. The number of amides is 1. The lowest BCUT2D eigenvalue weighted by molar-refractivity contribution is 0.0785. The molecule has 0 saturated carbocycles. The van der Waals surface area contributed by atoms with Crippen molar-refractivity contribution in [2.45, 2.75) is 19.2 Å². The third kappa shape index (κ3) is 4.28. The molecule has 116 valence electrons. The molecule has 0 aromatic heterocycles. The van der Waals surface area contributed by atoms with E-state index in [2.05, 4.69) is 0 Å². The standard InChI is InChI=1S/C18H21NO2S/c1-14-7-4-5-9-17(14)12-19(2)18(20)16-10-6-8-15(11-16)13-22(3)21/h4-11H,12-13H2,1-3H3. The molecule has 4 heteroatoms. The molecule has 0 aliphatic rings. The van der Waals surface area contributed by atoms with Crippen molar-refractivity contribution in [3.63, 3.8) is 0 Å². The predicted octanol–water partition coefficient (Wildman–Crippen LogP) is 3.15. The number of rotatable bonds is 5. The fraction of sp³-hybridized carbons (Fsp3) is 0.278. The van der Waals surface area contributed by atoms with Crippen molar-refractivity contribution in [1.29, 1.82) is 0 Å². The first-order valence-corrected chi connectivity index (χ1v) is 8.89. The number of carbonyl (C=O) groups excluding carboxylic acids is 1. The van der Waals surface area contributed by atoms with Crippen LogP contribution in [0.25, 0.3) is 0 Å². The van der Waals surface area contributed by atoms with Gasteiger partial charge in [0.15, 0.2) is 0 Å². The molecule has 0 N–H and O–H groups in total. The van der Waals surface area contributed by atoms with Crippen LogP contribution in [0.5, 0.6) is 0 Å². The van der Waals surface area contributed by atoms with Gasteiger partial charge in [0.2, 0.25) is 0 Å². The second-order valence-corrected chi connectivity index (χ2v) is 6.94. The first-order chi connectivity index (χ1) is 10.5. The minimum absolute atomic E-state index is 0.0213. The maximum absolute atomic E-state index is 12.5. The minimum Gasteiger partial charge on any atom is -0.337 e. The first kappa shape index (κ1) is 16.4. The second-order valence-electron chi connectivity index (χ2n) is 5.51. The summed E-state index contributed by atoms with van der Waals surface area (Å²) in [6.07, 6.45) is 1.67. The molecular formula is C18H21NO2S. The van der Waals surface area contributed by atoms with E-state index in [1.165, 1.54) is 5.56 Å². The summed E-state index contributed by atoms with van der Waals surface area (Å²) in [6, 6.07) is 15.4. The van der Waals surface area contributed by atoms with Crippen LogP contribution in [0.3, 0.4) is 0 Å². The Balaban J connectivity index is 2.13. The summed E-state index contributed by atoms with van der Waals surface area (Å²) < 4.78 is 11.3. The Labute approximate surface area is 134 Å². The fourth-order valence-corrected chi connectivity index (χ4v) is 3.01. The molecule has 1 atom stereocenters. The highest BCUT2D eigenvalue weighted by Crippen LogP contribution is 2.13. The van der Waals surface area contributed by atoms with Crippen LogP contribution in [0.15, 0.2) is 48.5 Å². The van der Waals surface area contributed by atoms with Gasteiger partial charge in [0.25, 0.3) is 5.91 Å². The van der Waals surface area contributed by atoms with Crippen LogP contribution in [0.2, 0.25) is 0 Å². The summed E-state index contributed by atoms with van der Waals surface area (Å²) in [7, 11) is 0.897. The van der Waals surface area contributed by atoms with Crippen LogP contribution in [0.4, 0.5) is 0 Å². The van der Waals surface area contributed by atoms with E-state index in [0.29, 0.717) is 17.9 Å². The van der Waals surface area contributed by atoms with E-state index in [-0.39, 0.29) is 5.91 Å². The average molecular weight is 315 g/mol. The molecule has 0 heterocycles. The van der Waals surface area contributed by atoms with Crippen molar-refractivity contribution in [1.82, 2.24) is 4.90 Å². The lowest BCUT2D eigenvalue weighted by Gasteiger charge is -2.19. The average Bonchev–Trinajstić information content (AvgIpc) is 2.48. The Hall–Kier alpha value is -1.94. The molecule has 2 aromatic carbocycles. The molecule has 2 rings (SSSR count). The highest BCUT2D eigenvalue weighted by Gasteiger charge is 2.13. The van der Waals surface area contributed by atoms with E-state index in [1.54, 1.807) is 24.3 Å². The molecule has 0 bridgehead atoms. The summed E-state index contributed by atoms with van der Waals surface area (Å²) in [5.41, 5.74) is 3.89. The highest BCUT2D eigenvalue weighted by atomic mass is 32.2. The van der Waals surface area contributed by atoms with Crippen LogP contribution in [-0.2, 0) is 23.1 Å². The van der Waals surface area contributed by atoms with E-state index >= 15 is 0 Å². The molecule has 0 radical (unpaired) electrons. The number of hydrogen-bond donors (Lipinski definition) is 0. The summed E-state index contributed by atoms with van der Waals surface area (Å²) in [6.45, 7) is 2.63. The summed E-state index contributed by atoms with van der Waals surface area (Å²) in [4.78, 5) is 14.3. The van der Waals surface area contributed by atoms with Crippen LogP contribution >= 0.6 is 0 Å². The van der Waals surface area contributed by atoms with Gasteiger partial charge in [0, 0.05) is 42.0 Å². The maximum Gasteiger partial charge on any atom is 0.253 e. The first-order valence-electron chi connectivity index (χ1n) is 7.16. The van der Waals surface area contributed by atoms with E-state index in [1.807, 2.05) is 49.4 Å². The SMILES string of the molecule is Cc1ccccc1CN(C)C(=O)c1cccc(CS(C)=O)c1. The van der Waals surface area contributed by atoms with Crippen LogP contribution < -0.4 is 0 Å². The molecule has 3 nitrogen and oxygen atoms in total. The molecule has 0 fully saturated rings. The van der Waals surface area contributed by atoms with Crippen molar-refractivity contribution in [3.05, 3.63) is 70.8 Å². The third-order valence-corrected chi connectivity index (χ3v) is 4.30. The lowest BCUT2D eigenvalue weighted by Crippen LogP contribution is -2.26. The lowest BCUT2D eigenvalue weighted by atomic mass is 10.1. The Bertz CT molecular complexity index is 697. The van der Waals surface area contributed by atoms with E-state index in [9.17, 15) is 9.00 Å². The molecule has 22 heavy (non-hydrogen) atoms. The number of benzene rings is 2. The highest BCUT2D eigenvalue weighted by molar-refractivity contribution is 7.83. The number of carbonyl (C=O) groups is 1. The molecule has 0 saturated heterocycles. The number of hydrogen-bond acceptors (Lipinski definition) is 2. The molecule has 1 unspecified atom stereocenters. The quantitative estimate of drug-likeness (QED) is 0.850. The van der Waals surface area contributed by atoms with Crippen molar-refractivity contribution in [2.75, 3.05) is 13.3 Å². The third-order valence-electron chi connectivity index (χ3n) is 3.56. The Morgan fingerprint density at radius 3 is 2.55 bits per heavy atom. The molecular weight excluding hydrogens is 294 g/mol. The topological polar surface area (TPSA) is 37.4 Å². The van der Waals surface area contributed by atoms with Gasteiger partial charge in [0.1, 0.15) is 0 Å². The summed E-state index contributed by atoms with van der Waals surface area (Å²) >= 11 is 0. The second kappa shape index (κ2) is 7.36. The van der Waals surface area contributed by atoms with Crippen LogP contribution in [0, 0.1) is 6.92 Å².